The van der Waals surface area contributed by atoms with Crippen LogP contribution in [0.2, 0.25) is 0 Å². The van der Waals surface area contributed by atoms with Gasteiger partial charge in [0.25, 0.3) is 0 Å². The number of carbonyl (C=O) groups excluding carboxylic acids is 1. The Morgan fingerprint density at radius 3 is 2.33 bits per heavy atom. The van der Waals surface area contributed by atoms with Gasteiger partial charge < -0.3 is 24.2 Å². The van der Waals surface area contributed by atoms with Gasteiger partial charge in [0, 0.05) is 5.69 Å². The highest BCUT2D eigenvalue weighted by molar-refractivity contribution is 8.00. The van der Waals surface area contributed by atoms with E-state index in [2.05, 4.69) is 15.3 Å². The van der Waals surface area contributed by atoms with E-state index in [1.54, 1.807) is 49.8 Å². The number of imidazole rings is 1. The van der Waals surface area contributed by atoms with E-state index in [1.165, 1.54) is 23.9 Å². The van der Waals surface area contributed by atoms with E-state index in [-0.39, 0.29) is 11.5 Å². The number of hydrogen-bond acceptors (Lipinski definition) is 6. The molecule has 0 bridgehead atoms. The number of H-pyrrole nitrogens is 1. The Morgan fingerprint density at radius 2 is 1.73 bits per heavy atom. The molecule has 152 valence electrons. The molecule has 0 saturated heterocycles. The summed E-state index contributed by atoms with van der Waals surface area (Å²) >= 11 is 1.25. The Labute approximate surface area is 175 Å². The van der Waals surface area contributed by atoms with Gasteiger partial charge in [-0.2, -0.15) is 0 Å². The molecule has 30 heavy (non-hydrogen) atoms. The monoisotopic (exact) mass is 423 g/mol. The molecule has 9 heteroatoms. The number of rotatable bonds is 7. The summed E-state index contributed by atoms with van der Waals surface area (Å²) in [7, 11) is 0. The van der Waals surface area contributed by atoms with Gasteiger partial charge in [-0.3, -0.25) is 4.79 Å². The molecule has 0 aliphatic heterocycles. The van der Waals surface area contributed by atoms with E-state index >= 15 is 0 Å². The second kappa shape index (κ2) is 8.34. The van der Waals surface area contributed by atoms with Crippen LogP contribution in [0.4, 0.5) is 5.69 Å². The quantitative estimate of drug-likeness (QED) is 0.367. The summed E-state index contributed by atoms with van der Waals surface area (Å²) in [6.07, 6.45) is 3.13. The molecule has 8 nitrogen and oxygen atoms in total. The summed E-state index contributed by atoms with van der Waals surface area (Å²) in [4.78, 5) is 31.3. The molecule has 0 radical (unpaired) electrons. The summed E-state index contributed by atoms with van der Waals surface area (Å²) in [5.74, 6) is -0.0654. The van der Waals surface area contributed by atoms with Crippen molar-refractivity contribution in [2.45, 2.75) is 17.3 Å². The van der Waals surface area contributed by atoms with E-state index in [1.807, 2.05) is 6.07 Å². The van der Waals surface area contributed by atoms with Crippen LogP contribution in [-0.2, 0) is 4.79 Å². The average Bonchev–Trinajstić information content (AvgIpc) is 3.49. The van der Waals surface area contributed by atoms with Crippen molar-refractivity contribution >= 4 is 29.3 Å². The number of benzene rings is 1. The number of aromatic nitrogens is 2. The Hall–Kier alpha value is -3.72. The van der Waals surface area contributed by atoms with E-state index in [0.717, 1.165) is 0 Å². The number of furan rings is 2. The molecule has 4 aromatic rings. The van der Waals surface area contributed by atoms with Gasteiger partial charge >= 0.3 is 5.97 Å². The van der Waals surface area contributed by atoms with Crippen molar-refractivity contribution in [2.24, 2.45) is 0 Å². The van der Waals surface area contributed by atoms with Crippen molar-refractivity contribution in [3.05, 3.63) is 66.6 Å². The molecule has 0 aliphatic carbocycles. The molecular weight excluding hydrogens is 406 g/mol. The summed E-state index contributed by atoms with van der Waals surface area (Å²) in [6, 6.07) is 13.1. The van der Waals surface area contributed by atoms with Gasteiger partial charge in [-0.1, -0.05) is 11.8 Å². The maximum absolute atomic E-state index is 12.6. The van der Waals surface area contributed by atoms with Gasteiger partial charge in [-0.15, -0.1) is 0 Å². The number of amides is 1. The standard InChI is InChI=1S/C21H17N3O5S/c1-12(19(25)22-14-8-6-13(7-9-14)20(26)27)30-21-23-17(15-4-2-10-28-15)18(24-21)16-5-3-11-29-16/h2-12H,1H3,(H,22,25)(H,23,24)(H,26,27). The zero-order valence-electron chi connectivity index (χ0n) is 15.8. The first kappa shape index (κ1) is 19.6. The van der Waals surface area contributed by atoms with Crippen LogP contribution in [-0.4, -0.2) is 32.2 Å². The Morgan fingerprint density at radius 1 is 1.07 bits per heavy atom. The van der Waals surface area contributed by atoms with Crippen LogP contribution in [0.25, 0.3) is 22.9 Å². The van der Waals surface area contributed by atoms with Gasteiger partial charge in [0.1, 0.15) is 11.4 Å². The molecule has 3 heterocycles. The SMILES string of the molecule is CC(Sc1nc(-c2ccco2)c(-c2ccco2)[nH]1)C(=O)Nc1ccc(C(=O)O)cc1. The fourth-order valence-corrected chi connectivity index (χ4v) is 3.56. The van der Waals surface area contributed by atoms with Crippen molar-refractivity contribution in [1.82, 2.24) is 9.97 Å². The third-order valence-corrected chi connectivity index (χ3v) is 5.25. The van der Waals surface area contributed by atoms with Gasteiger partial charge in [0.05, 0.1) is 23.3 Å². The molecule has 1 aromatic carbocycles. The van der Waals surface area contributed by atoms with Crippen molar-refractivity contribution in [3.63, 3.8) is 0 Å². The second-order valence-corrected chi connectivity index (χ2v) is 7.68. The fourth-order valence-electron chi connectivity index (χ4n) is 2.76. The normalized spacial score (nSPS) is 11.9. The minimum Gasteiger partial charge on any atom is -0.478 e. The first-order valence-corrected chi connectivity index (χ1v) is 9.88. The Balaban J connectivity index is 1.50. The number of carboxylic acids is 1. The van der Waals surface area contributed by atoms with Crippen molar-refractivity contribution in [3.8, 4) is 22.9 Å². The molecule has 0 aliphatic rings. The number of aromatic carboxylic acids is 1. The number of nitrogens with zero attached hydrogens (tertiary/aromatic N) is 1. The fraction of sp³-hybridized carbons (Fsp3) is 0.0952. The maximum atomic E-state index is 12.6. The lowest BCUT2D eigenvalue weighted by atomic mass is 10.2. The number of carboxylic acid groups (broad SMARTS) is 1. The van der Waals surface area contributed by atoms with Crippen LogP contribution in [0, 0.1) is 0 Å². The smallest absolute Gasteiger partial charge is 0.335 e. The minimum absolute atomic E-state index is 0.155. The average molecular weight is 423 g/mol. The highest BCUT2D eigenvalue weighted by Crippen LogP contribution is 2.34. The molecular formula is C21H17N3O5S. The van der Waals surface area contributed by atoms with Crippen LogP contribution in [0.3, 0.4) is 0 Å². The Kier molecular flexibility index (Phi) is 5.44. The van der Waals surface area contributed by atoms with Gasteiger partial charge in [-0.05, 0) is 55.5 Å². The van der Waals surface area contributed by atoms with Crippen LogP contribution < -0.4 is 5.32 Å². The van der Waals surface area contributed by atoms with Crippen LogP contribution in [0.1, 0.15) is 17.3 Å². The van der Waals surface area contributed by atoms with Crippen molar-refractivity contribution in [2.75, 3.05) is 5.32 Å². The summed E-state index contributed by atoms with van der Waals surface area (Å²) in [6.45, 7) is 1.76. The largest absolute Gasteiger partial charge is 0.478 e. The van der Waals surface area contributed by atoms with Gasteiger partial charge in [0.15, 0.2) is 16.7 Å². The molecule has 0 fully saturated rings. The van der Waals surface area contributed by atoms with E-state index in [9.17, 15) is 9.59 Å². The minimum atomic E-state index is -1.02. The predicted molar refractivity (Wildman–Crippen MR) is 111 cm³/mol. The molecule has 1 unspecified atom stereocenters. The van der Waals surface area contributed by atoms with E-state index in [4.69, 9.17) is 13.9 Å². The highest BCUT2D eigenvalue weighted by atomic mass is 32.2. The molecule has 1 amide bonds. The van der Waals surface area contributed by atoms with Gasteiger partial charge in [-0.25, -0.2) is 9.78 Å². The Bertz CT molecular complexity index is 1100. The second-order valence-electron chi connectivity index (χ2n) is 6.35. The zero-order valence-corrected chi connectivity index (χ0v) is 16.6. The van der Waals surface area contributed by atoms with Crippen LogP contribution in [0.5, 0.6) is 0 Å². The van der Waals surface area contributed by atoms with Gasteiger partial charge in [0.2, 0.25) is 5.91 Å². The number of thioether (sulfide) groups is 1. The lowest BCUT2D eigenvalue weighted by molar-refractivity contribution is -0.115. The number of nitrogens with one attached hydrogen (secondary N) is 2. The lowest BCUT2D eigenvalue weighted by Gasteiger charge is -2.10. The van der Waals surface area contributed by atoms with Crippen LogP contribution in [0.15, 0.2) is 75.0 Å². The van der Waals surface area contributed by atoms with Crippen molar-refractivity contribution in [1.29, 1.82) is 0 Å². The first-order chi connectivity index (χ1) is 14.5. The van der Waals surface area contributed by atoms with Crippen molar-refractivity contribution < 1.29 is 23.5 Å². The molecule has 0 spiro atoms. The van der Waals surface area contributed by atoms with E-state index in [0.29, 0.717) is 33.8 Å². The zero-order chi connectivity index (χ0) is 21.1. The molecule has 3 aromatic heterocycles. The van der Waals surface area contributed by atoms with E-state index < -0.39 is 11.2 Å². The summed E-state index contributed by atoms with van der Waals surface area (Å²) in [5, 5.41) is 11.8. The topological polar surface area (TPSA) is 121 Å². The summed E-state index contributed by atoms with van der Waals surface area (Å²) in [5.41, 5.74) is 1.93. The number of aromatic amines is 1. The molecule has 1 atom stereocenters. The predicted octanol–water partition coefficient (Wildman–Crippen LogP) is 4.75. The van der Waals surface area contributed by atoms with Crippen LogP contribution >= 0.6 is 11.8 Å². The maximum Gasteiger partial charge on any atom is 0.335 e. The number of carbonyl (C=O) groups is 2. The summed E-state index contributed by atoms with van der Waals surface area (Å²) < 4.78 is 11.0. The first-order valence-electron chi connectivity index (χ1n) is 9.00. The third kappa shape index (κ3) is 4.15. The number of hydrogen-bond donors (Lipinski definition) is 3. The third-order valence-electron chi connectivity index (χ3n) is 4.26. The lowest BCUT2D eigenvalue weighted by Crippen LogP contribution is -2.22. The molecule has 4 rings (SSSR count). The molecule has 3 N–H and O–H groups in total. The molecule has 0 saturated carbocycles. The highest BCUT2D eigenvalue weighted by Gasteiger charge is 2.22. The number of anilines is 1.